The summed E-state index contributed by atoms with van der Waals surface area (Å²) in [6.45, 7) is 2.83. The fourth-order valence-corrected chi connectivity index (χ4v) is 3.48. The van der Waals surface area contributed by atoms with E-state index in [1.54, 1.807) is 25.4 Å². The lowest BCUT2D eigenvalue weighted by atomic mass is 10.1. The van der Waals surface area contributed by atoms with E-state index < -0.39 is 0 Å². The molecule has 2 aromatic heterocycles. The lowest BCUT2D eigenvalue weighted by molar-refractivity contribution is 0.0950. The van der Waals surface area contributed by atoms with Crippen LogP contribution in [0.25, 0.3) is 11.5 Å². The van der Waals surface area contributed by atoms with Crippen molar-refractivity contribution in [1.29, 1.82) is 0 Å². The third-order valence-corrected chi connectivity index (χ3v) is 5.36. The first-order valence-corrected chi connectivity index (χ1v) is 10.5. The Morgan fingerprint density at radius 2 is 1.94 bits per heavy atom. The number of hydrogen-bond donors (Lipinski definition) is 2. The SMILES string of the molecule is COc1cccc(C)c1CNC(=O)c1cccc(NCc2nnc(-c3ccncn3)n2C)c1. The number of hydrogen-bond acceptors (Lipinski definition) is 7. The highest BCUT2D eigenvalue weighted by Gasteiger charge is 2.13. The number of rotatable bonds is 8. The second-order valence-electron chi connectivity index (χ2n) is 7.47. The van der Waals surface area contributed by atoms with E-state index in [-0.39, 0.29) is 5.91 Å². The van der Waals surface area contributed by atoms with Crippen LogP contribution in [0.4, 0.5) is 5.69 Å². The predicted molar refractivity (Wildman–Crippen MR) is 125 cm³/mol. The number of ether oxygens (including phenoxy) is 1. The van der Waals surface area contributed by atoms with Crippen molar-refractivity contribution in [2.45, 2.75) is 20.0 Å². The quantitative estimate of drug-likeness (QED) is 0.431. The molecule has 33 heavy (non-hydrogen) atoms. The molecule has 0 unspecified atom stereocenters. The largest absolute Gasteiger partial charge is 0.496 e. The molecule has 0 saturated heterocycles. The van der Waals surface area contributed by atoms with Crippen LogP contribution in [0.3, 0.4) is 0 Å². The fourth-order valence-electron chi connectivity index (χ4n) is 3.48. The molecule has 0 fully saturated rings. The molecule has 1 amide bonds. The first-order valence-electron chi connectivity index (χ1n) is 10.5. The van der Waals surface area contributed by atoms with Gasteiger partial charge < -0.3 is 19.9 Å². The number of amides is 1. The molecule has 168 valence electrons. The van der Waals surface area contributed by atoms with Crippen molar-refractivity contribution in [3.63, 3.8) is 0 Å². The van der Waals surface area contributed by atoms with Gasteiger partial charge in [-0.2, -0.15) is 0 Å². The molecule has 0 atom stereocenters. The molecule has 2 heterocycles. The summed E-state index contributed by atoms with van der Waals surface area (Å²) < 4.78 is 7.29. The summed E-state index contributed by atoms with van der Waals surface area (Å²) in [5, 5.41) is 14.8. The maximum atomic E-state index is 12.8. The Morgan fingerprint density at radius 3 is 2.73 bits per heavy atom. The van der Waals surface area contributed by atoms with Gasteiger partial charge in [0.15, 0.2) is 11.6 Å². The number of methoxy groups -OCH3 is 1. The molecule has 2 N–H and O–H groups in total. The number of nitrogens with one attached hydrogen (secondary N) is 2. The van der Waals surface area contributed by atoms with Crippen LogP contribution in [-0.4, -0.2) is 37.7 Å². The molecule has 9 heteroatoms. The number of aromatic nitrogens is 5. The molecule has 0 spiro atoms. The van der Waals surface area contributed by atoms with Crippen molar-refractivity contribution in [1.82, 2.24) is 30.0 Å². The number of carbonyl (C=O) groups excluding carboxylic acids is 1. The summed E-state index contributed by atoms with van der Waals surface area (Å²) in [5.41, 5.74) is 4.10. The summed E-state index contributed by atoms with van der Waals surface area (Å²) in [4.78, 5) is 20.9. The normalized spacial score (nSPS) is 10.6. The number of aryl methyl sites for hydroxylation is 1. The van der Waals surface area contributed by atoms with E-state index in [0.29, 0.717) is 30.2 Å². The zero-order valence-electron chi connectivity index (χ0n) is 18.7. The molecule has 0 aliphatic rings. The van der Waals surface area contributed by atoms with Gasteiger partial charge in [-0.3, -0.25) is 4.79 Å². The van der Waals surface area contributed by atoms with Crippen LogP contribution in [0.15, 0.2) is 61.1 Å². The Balaban J connectivity index is 1.41. The highest BCUT2D eigenvalue weighted by Crippen LogP contribution is 2.22. The van der Waals surface area contributed by atoms with E-state index in [2.05, 4.69) is 30.8 Å². The fraction of sp³-hybridized carbons (Fsp3) is 0.208. The van der Waals surface area contributed by atoms with Crippen LogP contribution in [0.1, 0.15) is 27.3 Å². The van der Waals surface area contributed by atoms with Gasteiger partial charge in [0.25, 0.3) is 5.91 Å². The van der Waals surface area contributed by atoms with E-state index in [9.17, 15) is 4.79 Å². The molecule has 4 rings (SSSR count). The van der Waals surface area contributed by atoms with Gasteiger partial charge in [-0.05, 0) is 42.8 Å². The molecular weight excluding hydrogens is 418 g/mol. The zero-order valence-corrected chi connectivity index (χ0v) is 18.7. The summed E-state index contributed by atoms with van der Waals surface area (Å²) in [6, 6.07) is 15.0. The minimum absolute atomic E-state index is 0.159. The average Bonchev–Trinajstić information content (AvgIpc) is 3.22. The van der Waals surface area contributed by atoms with Crippen molar-refractivity contribution >= 4 is 11.6 Å². The Labute approximate surface area is 191 Å². The van der Waals surface area contributed by atoms with Crippen molar-refractivity contribution in [3.05, 3.63) is 83.6 Å². The van der Waals surface area contributed by atoms with E-state index in [4.69, 9.17) is 4.74 Å². The van der Waals surface area contributed by atoms with Gasteiger partial charge in [0, 0.05) is 36.6 Å². The van der Waals surface area contributed by atoms with Gasteiger partial charge in [-0.1, -0.05) is 18.2 Å². The van der Waals surface area contributed by atoms with E-state index in [1.807, 2.05) is 54.9 Å². The number of carbonyl (C=O) groups is 1. The summed E-state index contributed by atoms with van der Waals surface area (Å²) in [6.07, 6.45) is 3.15. The van der Waals surface area contributed by atoms with Crippen LogP contribution in [0.2, 0.25) is 0 Å². The molecule has 0 saturated carbocycles. The average molecular weight is 444 g/mol. The zero-order chi connectivity index (χ0) is 23.2. The Morgan fingerprint density at radius 1 is 1.09 bits per heavy atom. The van der Waals surface area contributed by atoms with Gasteiger partial charge in [-0.25, -0.2) is 9.97 Å². The Kier molecular flexibility index (Phi) is 6.58. The molecule has 0 bridgehead atoms. The molecular formula is C24H25N7O2. The second-order valence-corrected chi connectivity index (χ2v) is 7.47. The second kappa shape index (κ2) is 9.90. The third kappa shape index (κ3) is 4.98. The molecule has 0 radical (unpaired) electrons. The maximum Gasteiger partial charge on any atom is 0.251 e. The molecule has 0 aliphatic carbocycles. The van der Waals surface area contributed by atoms with Gasteiger partial charge in [0.2, 0.25) is 0 Å². The van der Waals surface area contributed by atoms with E-state index in [1.165, 1.54) is 6.33 Å². The highest BCUT2D eigenvalue weighted by atomic mass is 16.5. The van der Waals surface area contributed by atoms with Crippen molar-refractivity contribution in [2.24, 2.45) is 7.05 Å². The summed E-state index contributed by atoms with van der Waals surface area (Å²) >= 11 is 0. The maximum absolute atomic E-state index is 12.8. The Bertz CT molecular complexity index is 1250. The van der Waals surface area contributed by atoms with Crippen molar-refractivity contribution in [3.8, 4) is 17.3 Å². The predicted octanol–water partition coefficient (Wildman–Crippen LogP) is 3.13. The smallest absolute Gasteiger partial charge is 0.251 e. The van der Waals surface area contributed by atoms with Crippen LogP contribution >= 0.6 is 0 Å². The first-order chi connectivity index (χ1) is 16.1. The first kappa shape index (κ1) is 21.9. The molecule has 0 aliphatic heterocycles. The van der Waals surface area contributed by atoms with E-state index in [0.717, 1.165) is 28.4 Å². The van der Waals surface area contributed by atoms with Crippen molar-refractivity contribution < 1.29 is 9.53 Å². The summed E-state index contributed by atoms with van der Waals surface area (Å²) in [5.74, 6) is 2.00. The minimum atomic E-state index is -0.159. The van der Waals surface area contributed by atoms with Crippen LogP contribution in [-0.2, 0) is 20.1 Å². The van der Waals surface area contributed by atoms with Crippen LogP contribution in [0.5, 0.6) is 5.75 Å². The summed E-state index contributed by atoms with van der Waals surface area (Å²) in [7, 11) is 3.51. The van der Waals surface area contributed by atoms with Crippen molar-refractivity contribution in [2.75, 3.05) is 12.4 Å². The van der Waals surface area contributed by atoms with Gasteiger partial charge in [-0.15, -0.1) is 10.2 Å². The number of nitrogens with zero attached hydrogens (tertiary/aromatic N) is 5. The molecule has 4 aromatic rings. The standard InChI is InChI=1S/C24H25N7O2/c1-16-6-4-9-21(33-3)19(16)13-27-24(32)17-7-5-8-18(12-17)26-14-22-29-30-23(31(22)2)20-10-11-25-15-28-20/h4-12,15,26H,13-14H2,1-3H3,(H,27,32). The lowest BCUT2D eigenvalue weighted by Gasteiger charge is -2.13. The molecule has 9 nitrogen and oxygen atoms in total. The van der Waals surface area contributed by atoms with Gasteiger partial charge in [0.1, 0.15) is 17.8 Å². The number of benzene rings is 2. The minimum Gasteiger partial charge on any atom is -0.496 e. The Hall–Kier alpha value is -4.27. The van der Waals surface area contributed by atoms with E-state index >= 15 is 0 Å². The topological polar surface area (TPSA) is 107 Å². The number of anilines is 1. The van der Waals surface area contributed by atoms with Crippen LogP contribution in [0, 0.1) is 6.92 Å². The monoisotopic (exact) mass is 443 g/mol. The highest BCUT2D eigenvalue weighted by molar-refractivity contribution is 5.95. The molecule has 2 aromatic carbocycles. The van der Waals surface area contributed by atoms with Gasteiger partial charge >= 0.3 is 0 Å². The lowest BCUT2D eigenvalue weighted by Crippen LogP contribution is -2.23. The third-order valence-electron chi connectivity index (χ3n) is 5.36. The van der Waals surface area contributed by atoms with Gasteiger partial charge in [0.05, 0.1) is 13.7 Å². The van der Waals surface area contributed by atoms with Crippen LogP contribution < -0.4 is 15.4 Å².